The molecule has 26 heavy (non-hydrogen) atoms. The van der Waals surface area contributed by atoms with E-state index >= 15 is 0 Å². The van der Waals surface area contributed by atoms with Gasteiger partial charge in [-0.15, -0.1) is 11.3 Å². The molecule has 1 amide bonds. The van der Waals surface area contributed by atoms with Gasteiger partial charge in [-0.1, -0.05) is 41.4 Å². The Bertz CT molecular complexity index is 1110. The first-order valence-electron chi connectivity index (χ1n) is 7.68. The van der Waals surface area contributed by atoms with Gasteiger partial charge in [0.1, 0.15) is 0 Å². The summed E-state index contributed by atoms with van der Waals surface area (Å²) < 4.78 is 0. The van der Waals surface area contributed by atoms with E-state index in [0.717, 1.165) is 5.39 Å². The van der Waals surface area contributed by atoms with Crippen LogP contribution in [-0.2, 0) is 0 Å². The molecule has 1 N–H and O–H groups in total. The highest BCUT2D eigenvalue weighted by atomic mass is 35.5. The Kier molecular flexibility index (Phi) is 4.59. The largest absolute Gasteiger partial charge is 0.298 e. The summed E-state index contributed by atoms with van der Waals surface area (Å²) in [7, 11) is 0. The van der Waals surface area contributed by atoms with E-state index in [9.17, 15) is 4.79 Å². The predicted molar refractivity (Wildman–Crippen MR) is 107 cm³/mol. The summed E-state index contributed by atoms with van der Waals surface area (Å²) in [4.78, 5) is 21.6. The maximum absolute atomic E-state index is 12.8. The normalized spacial score (nSPS) is 10.8. The molecule has 4 rings (SSSR count). The Labute approximate surface area is 163 Å². The number of halogens is 2. The van der Waals surface area contributed by atoms with Gasteiger partial charge < -0.3 is 0 Å². The number of anilines is 1. The number of fused-ring (bicyclic) bond motifs is 1. The van der Waals surface area contributed by atoms with Crippen LogP contribution in [0, 0.1) is 0 Å². The molecule has 0 saturated carbocycles. The van der Waals surface area contributed by atoms with E-state index in [0.29, 0.717) is 37.5 Å². The first-order chi connectivity index (χ1) is 12.6. The van der Waals surface area contributed by atoms with E-state index < -0.39 is 0 Å². The lowest BCUT2D eigenvalue weighted by Crippen LogP contribution is -2.13. The molecule has 7 heteroatoms. The van der Waals surface area contributed by atoms with E-state index in [1.165, 1.54) is 11.3 Å². The Hall–Kier alpha value is -2.47. The van der Waals surface area contributed by atoms with Crippen molar-refractivity contribution in [3.8, 4) is 11.3 Å². The lowest BCUT2D eigenvalue weighted by atomic mass is 10.0. The van der Waals surface area contributed by atoms with E-state index in [4.69, 9.17) is 23.2 Å². The van der Waals surface area contributed by atoms with Crippen LogP contribution in [0.4, 0.5) is 5.13 Å². The van der Waals surface area contributed by atoms with Crippen molar-refractivity contribution < 1.29 is 4.79 Å². The van der Waals surface area contributed by atoms with Crippen molar-refractivity contribution in [3.05, 3.63) is 75.7 Å². The molecule has 0 aliphatic rings. The molecule has 0 radical (unpaired) electrons. The minimum Gasteiger partial charge on any atom is -0.298 e. The van der Waals surface area contributed by atoms with Crippen LogP contribution in [0.5, 0.6) is 0 Å². The predicted octanol–water partition coefficient (Wildman–Crippen LogP) is 5.92. The van der Waals surface area contributed by atoms with Crippen molar-refractivity contribution >= 4 is 56.5 Å². The van der Waals surface area contributed by atoms with Crippen LogP contribution in [0.3, 0.4) is 0 Å². The molecular weight excluding hydrogens is 389 g/mol. The van der Waals surface area contributed by atoms with Crippen LogP contribution < -0.4 is 5.32 Å². The molecule has 0 spiro atoms. The minimum atomic E-state index is -0.245. The van der Waals surface area contributed by atoms with E-state index in [1.54, 1.807) is 35.8 Å². The van der Waals surface area contributed by atoms with Gasteiger partial charge in [-0.25, -0.2) is 9.97 Å². The third-order valence-corrected chi connectivity index (χ3v) is 5.06. The fourth-order valence-electron chi connectivity index (χ4n) is 2.65. The number of rotatable bonds is 3. The Morgan fingerprint density at radius 1 is 1.08 bits per heavy atom. The van der Waals surface area contributed by atoms with Gasteiger partial charge in [0.2, 0.25) is 0 Å². The Balaban J connectivity index is 1.87. The van der Waals surface area contributed by atoms with Crippen LogP contribution in [0.1, 0.15) is 10.4 Å². The molecule has 0 bridgehead atoms. The molecule has 0 aliphatic carbocycles. The van der Waals surface area contributed by atoms with Crippen molar-refractivity contribution in [3.63, 3.8) is 0 Å². The van der Waals surface area contributed by atoms with E-state index in [-0.39, 0.29) is 5.91 Å². The molecule has 0 unspecified atom stereocenters. The highest BCUT2D eigenvalue weighted by Crippen LogP contribution is 2.32. The summed E-state index contributed by atoms with van der Waals surface area (Å²) in [5.74, 6) is -0.245. The number of hydrogen-bond acceptors (Lipinski definition) is 4. The monoisotopic (exact) mass is 399 g/mol. The van der Waals surface area contributed by atoms with E-state index in [1.807, 2.05) is 24.3 Å². The van der Waals surface area contributed by atoms with Gasteiger partial charge >= 0.3 is 0 Å². The Morgan fingerprint density at radius 3 is 2.69 bits per heavy atom. The van der Waals surface area contributed by atoms with Crippen LogP contribution in [-0.4, -0.2) is 15.9 Å². The zero-order valence-corrected chi connectivity index (χ0v) is 15.6. The summed E-state index contributed by atoms with van der Waals surface area (Å²) in [5.41, 5.74) is 2.53. The van der Waals surface area contributed by atoms with Crippen molar-refractivity contribution in [2.24, 2.45) is 0 Å². The number of nitrogens with zero attached hydrogens (tertiary/aromatic N) is 2. The maximum Gasteiger partial charge on any atom is 0.258 e. The van der Waals surface area contributed by atoms with Gasteiger partial charge in [-0.05, 0) is 30.3 Å². The van der Waals surface area contributed by atoms with Crippen molar-refractivity contribution in [1.82, 2.24) is 9.97 Å². The van der Waals surface area contributed by atoms with Gasteiger partial charge in [0.25, 0.3) is 5.91 Å². The average molecular weight is 400 g/mol. The lowest BCUT2D eigenvalue weighted by Gasteiger charge is -2.10. The lowest BCUT2D eigenvalue weighted by molar-refractivity contribution is 0.102. The first-order valence-corrected chi connectivity index (χ1v) is 9.31. The smallest absolute Gasteiger partial charge is 0.258 e. The van der Waals surface area contributed by atoms with Crippen molar-refractivity contribution in [2.75, 3.05) is 5.32 Å². The number of amides is 1. The molecule has 2 aromatic heterocycles. The zero-order chi connectivity index (χ0) is 18.1. The molecule has 0 fully saturated rings. The summed E-state index contributed by atoms with van der Waals surface area (Å²) in [6.45, 7) is 0. The molecular formula is C19H11Cl2N3OS. The van der Waals surface area contributed by atoms with Crippen molar-refractivity contribution in [1.29, 1.82) is 0 Å². The molecule has 4 nitrogen and oxygen atoms in total. The summed E-state index contributed by atoms with van der Waals surface area (Å²) in [6, 6.07) is 14.4. The maximum atomic E-state index is 12.8. The number of carbonyl (C=O) groups is 1. The average Bonchev–Trinajstić information content (AvgIpc) is 3.13. The highest BCUT2D eigenvalue weighted by molar-refractivity contribution is 7.13. The van der Waals surface area contributed by atoms with Gasteiger partial charge in [0.15, 0.2) is 5.13 Å². The molecule has 0 saturated heterocycles. The Morgan fingerprint density at radius 2 is 1.92 bits per heavy atom. The van der Waals surface area contributed by atoms with Crippen LogP contribution >= 0.6 is 34.5 Å². The fourth-order valence-corrected chi connectivity index (χ4v) is 3.68. The summed E-state index contributed by atoms with van der Waals surface area (Å²) in [5, 5.41) is 6.95. The molecule has 128 valence electrons. The molecule has 0 aliphatic heterocycles. The highest BCUT2D eigenvalue weighted by Gasteiger charge is 2.16. The second kappa shape index (κ2) is 7.03. The summed E-state index contributed by atoms with van der Waals surface area (Å²) >= 11 is 13.7. The topological polar surface area (TPSA) is 54.9 Å². The quantitative estimate of drug-likeness (QED) is 0.465. The molecule has 2 heterocycles. The van der Waals surface area contributed by atoms with Gasteiger partial charge in [0, 0.05) is 27.5 Å². The third kappa shape index (κ3) is 3.29. The molecule has 0 atom stereocenters. The van der Waals surface area contributed by atoms with Gasteiger partial charge in [-0.2, -0.15) is 0 Å². The van der Waals surface area contributed by atoms with Gasteiger partial charge in [-0.3, -0.25) is 10.1 Å². The number of benzene rings is 2. The molecule has 4 aromatic rings. The third-order valence-electron chi connectivity index (χ3n) is 3.82. The number of nitrogens with one attached hydrogen (secondary N) is 1. The van der Waals surface area contributed by atoms with Crippen LogP contribution in [0.15, 0.2) is 60.1 Å². The SMILES string of the molecule is O=C(Nc1nccs1)c1cc(-c2ccc(Cl)cc2Cl)nc2ccccc12. The van der Waals surface area contributed by atoms with Crippen molar-refractivity contribution in [2.45, 2.75) is 0 Å². The van der Waals surface area contributed by atoms with E-state index in [2.05, 4.69) is 15.3 Å². The number of pyridine rings is 1. The second-order valence-electron chi connectivity index (χ2n) is 5.49. The van der Waals surface area contributed by atoms with Crippen LogP contribution in [0.2, 0.25) is 10.0 Å². The van der Waals surface area contributed by atoms with Gasteiger partial charge in [0.05, 0.1) is 21.8 Å². The summed E-state index contributed by atoms with van der Waals surface area (Å²) in [6.07, 6.45) is 1.64. The number of thiazole rings is 1. The second-order valence-corrected chi connectivity index (χ2v) is 7.23. The fraction of sp³-hybridized carbons (Fsp3) is 0. The zero-order valence-electron chi connectivity index (χ0n) is 13.2. The number of carbonyl (C=O) groups excluding carboxylic acids is 1. The minimum absolute atomic E-state index is 0.245. The number of aromatic nitrogens is 2. The molecule has 2 aromatic carbocycles. The first kappa shape index (κ1) is 17.0. The number of para-hydroxylation sites is 1. The van der Waals surface area contributed by atoms with Crippen LogP contribution in [0.25, 0.3) is 22.2 Å². The standard InChI is InChI=1S/C19H11Cl2N3OS/c20-11-5-6-13(15(21)9-11)17-10-14(12-3-1-2-4-16(12)23-17)18(25)24-19-22-7-8-26-19/h1-10H,(H,22,24,25). The number of hydrogen-bond donors (Lipinski definition) is 1.